The summed E-state index contributed by atoms with van der Waals surface area (Å²) in [5.41, 5.74) is 0.362. The first-order valence-corrected chi connectivity index (χ1v) is 7.89. The van der Waals surface area contributed by atoms with Crippen molar-refractivity contribution in [1.29, 1.82) is 0 Å². The van der Waals surface area contributed by atoms with Crippen molar-refractivity contribution in [1.82, 2.24) is 4.90 Å². The van der Waals surface area contributed by atoms with E-state index in [0.717, 1.165) is 5.56 Å². The number of carbonyl (C=O) groups excluding carboxylic acids is 2. The molecule has 2 rings (SSSR count). The molecule has 1 aromatic carbocycles. The van der Waals surface area contributed by atoms with Crippen LogP contribution in [0.1, 0.15) is 26.3 Å². The molecule has 6 nitrogen and oxygen atoms in total. The summed E-state index contributed by atoms with van der Waals surface area (Å²) in [6.45, 7) is 6.24. The van der Waals surface area contributed by atoms with Gasteiger partial charge in [0, 0.05) is 0 Å². The van der Waals surface area contributed by atoms with Crippen LogP contribution in [0.5, 0.6) is 0 Å². The Hall–Kier alpha value is -2.34. The second kappa shape index (κ2) is 7.49. The zero-order chi connectivity index (χ0) is 17.7. The highest BCUT2D eigenvalue weighted by molar-refractivity contribution is 6.05. The lowest BCUT2D eigenvalue weighted by molar-refractivity contribution is -0.138. The maximum absolute atomic E-state index is 12.3. The van der Waals surface area contributed by atoms with Gasteiger partial charge in [-0.1, -0.05) is 30.3 Å². The van der Waals surface area contributed by atoms with E-state index in [2.05, 4.69) is 0 Å². The van der Waals surface area contributed by atoms with Gasteiger partial charge in [0.15, 0.2) is 5.76 Å². The summed E-state index contributed by atoms with van der Waals surface area (Å²) in [7, 11) is 0. The minimum Gasteiger partial charge on any atom is -0.503 e. The molecule has 24 heavy (non-hydrogen) atoms. The van der Waals surface area contributed by atoms with E-state index < -0.39 is 23.2 Å². The first-order chi connectivity index (χ1) is 11.4. The lowest BCUT2D eigenvalue weighted by Gasteiger charge is -2.35. The SMILES string of the molecule is CCOC(=O)C1=C(O)C(=O)N(C(C)(C)COCc2ccccc2)C1. The standard InChI is InChI=1S/C18H23NO5/c1-4-24-17(22)14-10-19(16(21)15(14)20)18(2,3)12-23-11-13-8-6-5-7-9-13/h5-9,20H,4,10-12H2,1-3H3. The van der Waals surface area contributed by atoms with Crippen LogP contribution >= 0.6 is 0 Å². The Kier molecular flexibility index (Phi) is 5.62. The second-order valence-corrected chi connectivity index (χ2v) is 6.23. The smallest absolute Gasteiger partial charge is 0.339 e. The molecule has 1 aliphatic heterocycles. The fourth-order valence-corrected chi connectivity index (χ4v) is 2.50. The van der Waals surface area contributed by atoms with Crippen LogP contribution in [0.3, 0.4) is 0 Å². The molecule has 1 heterocycles. The number of carbonyl (C=O) groups is 2. The highest BCUT2D eigenvalue weighted by Crippen LogP contribution is 2.27. The van der Waals surface area contributed by atoms with E-state index in [1.54, 1.807) is 6.92 Å². The van der Waals surface area contributed by atoms with E-state index >= 15 is 0 Å². The van der Waals surface area contributed by atoms with Crippen molar-refractivity contribution in [3.05, 3.63) is 47.2 Å². The van der Waals surface area contributed by atoms with E-state index in [9.17, 15) is 14.7 Å². The molecule has 1 aliphatic rings. The Labute approximate surface area is 141 Å². The monoisotopic (exact) mass is 333 g/mol. The predicted molar refractivity (Wildman–Crippen MR) is 88.2 cm³/mol. The van der Waals surface area contributed by atoms with Crippen LogP contribution in [-0.4, -0.2) is 47.2 Å². The summed E-state index contributed by atoms with van der Waals surface area (Å²) in [5.74, 6) is -1.78. The quantitative estimate of drug-likeness (QED) is 0.774. The lowest BCUT2D eigenvalue weighted by atomic mass is 10.0. The number of aliphatic hydroxyl groups is 1. The van der Waals surface area contributed by atoms with Gasteiger partial charge in [0.25, 0.3) is 5.91 Å². The van der Waals surface area contributed by atoms with Gasteiger partial charge in [0.2, 0.25) is 0 Å². The van der Waals surface area contributed by atoms with Crippen molar-refractivity contribution >= 4 is 11.9 Å². The molecule has 0 saturated heterocycles. The topological polar surface area (TPSA) is 76.1 Å². The van der Waals surface area contributed by atoms with Gasteiger partial charge in [-0.25, -0.2) is 4.79 Å². The molecule has 0 bridgehead atoms. The summed E-state index contributed by atoms with van der Waals surface area (Å²) < 4.78 is 10.6. The van der Waals surface area contributed by atoms with Gasteiger partial charge in [-0.15, -0.1) is 0 Å². The molecule has 1 aromatic rings. The van der Waals surface area contributed by atoms with Gasteiger partial charge in [0.1, 0.15) is 5.57 Å². The van der Waals surface area contributed by atoms with E-state index in [1.165, 1.54) is 4.90 Å². The molecule has 0 aliphatic carbocycles. The van der Waals surface area contributed by atoms with E-state index in [0.29, 0.717) is 6.61 Å². The second-order valence-electron chi connectivity index (χ2n) is 6.23. The number of ether oxygens (including phenoxy) is 2. The number of nitrogens with zero attached hydrogens (tertiary/aromatic N) is 1. The molecule has 0 aromatic heterocycles. The van der Waals surface area contributed by atoms with Crippen molar-refractivity contribution in [3.8, 4) is 0 Å². The summed E-state index contributed by atoms with van der Waals surface area (Å²) in [6.07, 6.45) is 0. The number of esters is 1. The van der Waals surface area contributed by atoms with Gasteiger partial charge >= 0.3 is 5.97 Å². The highest BCUT2D eigenvalue weighted by atomic mass is 16.5. The van der Waals surface area contributed by atoms with E-state index in [4.69, 9.17) is 9.47 Å². The van der Waals surface area contributed by atoms with Gasteiger partial charge in [-0.3, -0.25) is 4.79 Å². The van der Waals surface area contributed by atoms with Gasteiger partial charge < -0.3 is 19.5 Å². The zero-order valence-corrected chi connectivity index (χ0v) is 14.2. The predicted octanol–water partition coefficient (Wildman–Crippen LogP) is 2.20. The largest absolute Gasteiger partial charge is 0.503 e. The van der Waals surface area contributed by atoms with Crippen LogP contribution in [0.2, 0.25) is 0 Å². The summed E-state index contributed by atoms with van der Waals surface area (Å²) in [6, 6.07) is 9.71. The maximum atomic E-state index is 12.3. The normalized spacial score (nSPS) is 15.1. The molecule has 6 heteroatoms. The number of aliphatic hydroxyl groups excluding tert-OH is 1. The average molecular weight is 333 g/mol. The van der Waals surface area contributed by atoms with Crippen molar-refractivity contribution in [2.24, 2.45) is 0 Å². The van der Waals surface area contributed by atoms with Crippen molar-refractivity contribution in [3.63, 3.8) is 0 Å². The number of benzene rings is 1. The van der Waals surface area contributed by atoms with Crippen LogP contribution < -0.4 is 0 Å². The fraction of sp³-hybridized carbons (Fsp3) is 0.444. The van der Waals surface area contributed by atoms with Crippen LogP contribution in [0, 0.1) is 0 Å². The Morgan fingerprint density at radius 2 is 1.96 bits per heavy atom. The molecular weight excluding hydrogens is 310 g/mol. The van der Waals surface area contributed by atoms with Crippen LogP contribution in [0.4, 0.5) is 0 Å². The van der Waals surface area contributed by atoms with Gasteiger partial charge in [0.05, 0.1) is 31.9 Å². The molecule has 0 unspecified atom stereocenters. The molecule has 0 spiro atoms. The molecule has 0 saturated carbocycles. The molecule has 0 atom stereocenters. The summed E-state index contributed by atoms with van der Waals surface area (Å²) in [4.78, 5) is 25.5. The third-order valence-electron chi connectivity index (χ3n) is 3.87. The highest BCUT2D eigenvalue weighted by Gasteiger charge is 2.42. The fourth-order valence-electron chi connectivity index (χ4n) is 2.50. The lowest BCUT2D eigenvalue weighted by Crippen LogP contribution is -2.49. The number of amides is 1. The number of hydrogen-bond acceptors (Lipinski definition) is 5. The Morgan fingerprint density at radius 3 is 2.58 bits per heavy atom. The van der Waals surface area contributed by atoms with E-state index in [1.807, 2.05) is 44.2 Å². The molecule has 0 radical (unpaired) electrons. The van der Waals surface area contributed by atoms with Crippen LogP contribution in [-0.2, 0) is 25.7 Å². The molecule has 130 valence electrons. The van der Waals surface area contributed by atoms with Gasteiger partial charge in [-0.2, -0.15) is 0 Å². The third-order valence-corrected chi connectivity index (χ3v) is 3.87. The van der Waals surface area contributed by atoms with Crippen LogP contribution in [0.15, 0.2) is 41.7 Å². The Morgan fingerprint density at radius 1 is 1.29 bits per heavy atom. The van der Waals surface area contributed by atoms with Crippen molar-refractivity contribution < 1.29 is 24.2 Å². The van der Waals surface area contributed by atoms with Crippen LogP contribution in [0.25, 0.3) is 0 Å². The zero-order valence-electron chi connectivity index (χ0n) is 14.2. The van der Waals surface area contributed by atoms with Crippen molar-refractivity contribution in [2.75, 3.05) is 19.8 Å². The number of rotatable bonds is 7. The maximum Gasteiger partial charge on any atom is 0.339 e. The molecule has 1 N–H and O–H groups in total. The molecule has 1 amide bonds. The number of hydrogen-bond donors (Lipinski definition) is 1. The minimum absolute atomic E-state index is 0.00187. The van der Waals surface area contributed by atoms with Gasteiger partial charge in [-0.05, 0) is 26.3 Å². The Balaban J connectivity index is 1.97. The molecule has 0 fully saturated rings. The van der Waals surface area contributed by atoms with E-state index in [-0.39, 0.29) is 25.3 Å². The first kappa shape index (κ1) is 18.0. The summed E-state index contributed by atoms with van der Waals surface area (Å²) in [5, 5.41) is 9.94. The first-order valence-electron chi connectivity index (χ1n) is 7.89. The van der Waals surface area contributed by atoms with Crippen molar-refractivity contribution in [2.45, 2.75) is 32.9 Å². The third kappa shape index (κ3) is 3.94. The average Bonchev–Trinajstić information content (AvgIpc) is 2.85. The minimum atomic E-state index is -0.673. The Bertz CT molecular complexity index is 636. The summed E-state index contributed by atoms with van der Waals surface area (Å²) >= 11 is 0. The molecular formula is C18H23NO5.